The monoisotopic (exact) mass is 459 g/mol. The van der Waals surface area contributed by atoms with Crippen LogP contribution in [0.3, 0.4) is 0 Å². The van der Waals surface area contributed by atoms with Crippen LogP contribution in [0.2, 0.25) is 0 Å². The summed E-state index contributed by atoms with van der Waals surface area (Å²) < 4.78 is 49.1. The van der Waals surface area contributed by atoms with Crippen molar-refractivity contribution in [3.8, 4) is 28.4 Å². The molecule has 0 aliphatic heterocycles. The highest BCUT2D eigenvalue weighted by Gasteiger charge is 2.33. The van der Waals surface area contributed by atoms with Crippen molar-refractivity contribution in [3.63, 3.8) is 0 Å². The number of nitrogens with zero attached hydrogens (tertiary/aromatic N) is 2. The van der Waals surface area contributed by atoms with Crippen LogP contribution < -0.4 is 4.74 Å². The van der Waals surface area contributed by atoms with Crippen LogP contribution in [0.5, 0.6) is 5.75 Å². The molecule has 0 radical (unpaired) electrons. The fraction of sp³-hybridized carbons (Fsp3) is 0.375. The standard InChI is InChI=1S/C24H24F3N3O3/c1-32-22(31)12-15-2-7-18(8-3-15)33-19-9-4-16(5-10-19)20-11-6-17(13-28-20)23-29-14-21(30-23)24(25,26)27/h4-6,9-11,13-15,18H,2-3,7-8,12H2,1H3,(H,29,30). The van der Waals surface area contributed by atoms with Crippen LogP contribution in [-0.2, 0) is 15.7 Å². The van der Waals surface area contributed by atoms with Crippen LogP contribution in [-0.4, -0.2) is 34.1 Å². The van der Waals surface area contributed by atoms with E-state index in [1.807, 2.05) is 24.3 Å². The van der Waals surface area contributed by atoms with Crippen LogP contribution in [0.1, 0.15) is 37.8 Å². The number of benzene rings is 1. The zero-order valence-electron chi connectivity index (χ0n) is 18.1. The molecule has 1 fully saturated rings. The van der Waals surface area contributed by atoms with Gasteiger partial charge in [0.15, 0.2) is 0 Å². The van der Waals surface area contributed by atoms with Gasteiger partial charge in [0.25, 0.3) is 0 Å². The van der Waals surface area contributed by atoms with E-state index in [0.29, 0.717) is 23.6 Å². The summed E-state index contributed by atoms with van der Waals surface area (Å²) >= 11 is 0. The Morgan fingerprint density at radius 3 is 2.27 bits per heavy atom. The first-order chi connectivity index (χ1) is 15.8. The van der Waals surface area contributed by atoms with Gasteiger partial charge < -0.3 is 14.5 Å². The number of carbonyl (C=O) groups is 1. The molecule has 1 aliphatic carbocycles. The summed E-state index contributed by atoms with van der Waals surface area (Å²) in [5.74, 6) is 1.08. The van der Waals surface area contributed by atoms with Crippen molar-refractivity contribution >= 4 is 5.97 Å². The molecule has 4 rings (SSSR count). The highest BCUT2D eigenvalue weighted by atomic mass is 19.4. The number of methoxy groups -OCH3 is 1. The number of pyridine rings is 1. The first-order valence-corrected chi connectivity index (χ1v) is 10.7. The molecule has 0 unspecified atom stereocenters. The molecule has 6 nitrogen and oxygen atoms in total. The van der Waals surface area contributed by atoms with Crippen LogP contribution in [0.25, 0.3) is 22.6 Å². The lowest BCUT2D eigenvalue weighted by atomic mass is 9.85. The Kier molecular flexibility index (Phi) is 6.67. The van der Waals surface area contributed by atoms with Gasteiger partial charge in [0.1, 0.15) is 17.3 Å². The summed E-state index contributed by atoms with van der Waals surface area (Å²) in [7, 11) is 1.41. The van der Waals surface area contributed by atoms with Crippen molar-refractivity contribution in [2.24, 2.45) is 5.92 Å². The second kappa shape index (κ2) is 9.64. The Hall–Kier alpha value is -3.36. The maximum Gasteiger partial charge on any atom is 0.432 e. The zero-order chi connectivity index (χ0) is 23.4. The zero-order valence-corrected chi connectivity index (χ0v) is 18.1. The highest BCUT2D eigenvalue weighted by Crippen LogP contribution is 2.32. The molecule has 0 amide bonds. The van der Waals surface area contributed by atoms with E-state index in [9.17, 15) is 18.0 Å². The Balaban J connectivity index is 1.34. The van der Waals surface area contributed by atoms with E-state index in [4.69, 9.17) is 9.47 Å². The molecular weight excluding hydrogens is 435 g/mol. The lowest BCUT2D eigenvalue weighted by Crippen LogP contribution is -2.25. The van der Waals surface area contributed by atoms with E-state index in [0.717, 1.165) is 43.2 Å². The molecule has 0 saturated heterocycles. The number of nitrogens with one attached hydrogen (secondary N) is 1. The van der Waals surface area contributed by atoms with E-state index in [1.165, 1.54) is 13.3 Å². The molecule has 1 aromatic carbocycles. The number of esters is 1. The van der Waals surface area contributed by atoms with Gasteiger partial charge >= 0.3 is 12.1 Å². The van der Waals surface area contributed by atoms with Crippen molar-refractivity contribution in [3.05, 3.63) is 54.5 Å². The molecular formula is C24H24F3N3O3. The smallest absolute Gasteiger partial charge is 0.432 e. The molecule has 2 aromatic heterocycles. The molecule has 0 bridgehead atoms. The Bertz CT molecular complexity index is 1070. The van der Waals surface area contributed by atoms with Gasteiger partial charge in [0.2, 0.25) is 0 Å². The minimum absolute atomic E-state index is 0.117. The Morgan fingerprint density at radius 1 is 1.00 bits per heavy atom. The largest absolute Gasteiger partial charge is 0.490 e. The summed E-state index contributed by atoms with van der Waals surface area (Å²) in [6.45, 7) is 0. The lowest BCUT2D eigenvalue weighted by molar-refractivity contribution is -0.142. The Morgan fingerprint density at radius 2 is 1.70 bits per heavy atom. The number of aromatic amines is 1. The van der Waals surface area contributed by atoms with Gasteiger partial charge in [-0.15, -0.1) is 0 Å². The lowest BCUT2D eigenvalue weighted by Gasteiger charge is -2.28. The van der Waals surface area contributed by atoms with E-state index in [2.05, 4.69) is 15.0 Å². The molecule has 1 aliphatic rings. The third-order valence-electron chi connectivity index (χ3n) is 5.85. The number of halogens is 3. The van der Waals surface area contributed by atoms with Gasteiger partial charge in [0.05, 0.1) is 25.1 Å². The number of aromatic nitrogens is 3. The predicted molar refractivity (Wildman–Crippen MR) is 115 cm³/mol. The number of H-pyrrole nitrogens is 1. The molecule has 174 valence electrons. The van der Waals surface area contributed by atoms with Crippen LogP contribution >= 0.6 is 0 Å². The molecule has 2 heterocycles. The van der Waals surface area contributed by atoms with Crippen LogP contribution in [0.4, 0.5) is 13.2 Å². The van der Waals surface area contributed by atoms with E-state index < -0.39 is 11.9 Å². The maximum atomic E-state index is 12.7. The summed E-state index contributed by atoms with van der Waals surface area (Å²) in [5.41, 5.74) is 1.13. The number of hydrogen-bond acceptors (Lipinski definition) is 5. The summed E-state index contributed by atoms with van der Waals surface area (Å²) in [5, 5.41) is 0. The van der Waals surface area contributed by atoms with E-state index in [-0.39, 0.29) is 17.9 Å². The van der Waals surface area contributed by atoms with Crippen molar-refractivity contribution in [1.82, 2.24) is 15.0 Å². The van der Waals surface area contributed by atoms with Crippen LogP contribution in [0.15, 0.2) is 48.8 Å². The van der Waals surface area contributed by atoms with Gasteiger partial charge in [-0.2, -0.15) is 13.2 Å². The Labute approximate surface area is 189 Å². The highest BCUT2D eigenvalue weighted by molar-refractivity contribution is 5.69. The summed E-state index contributed by atoms with van der Waals surface area (Å²) in [6, 6.07) is 11.0. The topological polar surface area (TPSA) is 77.1 Å². The molecule has 9 heteroatoms. The molecule has 0 spiro atoms. The third kappa shape index (κ3) is 5.71. The third-order valence-corrected chi connectivity index (χ3v) is 5.85. The number of alkyl halides is 3. The minimum Gasteiger partial charge on any atom is -0.490 e. The average Bonchev–Trinajstić information content (AvgIpc) is 3.32. The van der Waals surface area contributed by atoms with Crippen molar-refractivity contribution < 1.29 is 27.4 Å². The number of imidazole rings is 1. The molecule has 0 atom stereocenters. The van der Waals surface area contributed by atoms with Gasteiger partial charge in [-0.25, -0.2) is 4.98 Å². The number of rotatable bonds is 6. The van der Waals surface area contributed by atoms with Crippen molar-refractivity contribution in [2.45, 2.75) is 44.4 Å². The first kappa shape index (κ1) is 22.8. The van der Waals surface area contributed by atoms with E-state index in [1.54, 1.807) is 12.1 Å². The predicted octanol–water partition coefficient (Wildman–Crippen LogP) is 5.66. The summed E-state index contributed by atoms with van der Waals surface area (Å²) in [4.78, 5) is 21.9. The number of hydrogen-bond donors (Lipinski definition) is 1. The van der Waals surface area contributed by atoms with Crippen molar-refractivity contribution in [2.75, 3.05) is 7.11 Å². The van der Waals surface area contributed by atoms with Crippen molar-refractivity contribution in [1.29, 1.82) is 0 Å². The molecule has 3 aromatic rings. The fourth-order valence-electron chi connectivity index (χ4n) is 3.99. The van der Waals surface area contributed by atoms with Gasteiger partial charge in [-0.05, 0) is 68.0 Å². The molecule has 1 N–H and O–H groups in total. The number of carbonyl (C=O) groups excluding carboxylic acids is 1. The van der Waals surface area contributed by atoms with E-state index >= 15 is 0 Å². The van der Waals surface area contributed by atoms with Gasteiger partial charge in [-0.1, -0.05) is 0 Å². The SMILES string of the molecule is COC(=O)CC1CCC(Oc2ccc(-c3ccc(-c4ncc(C(F)(F)F)[nH]4)cn3)cc2)CC1. The quantitative estimate of drug-likeness (QED) is 0.482. The molecule has 1 saturated carbocycles. The first-order valence-electron chi connectivity index (χ1n) is 10.7. The number of ether oxygens (including phenoxy) is 2. The minimum atomic E-state index is -4.47. The van der Waals surface area contributed by atoms with Gasteiger partial charge in [-0.3, -0.25) is 9.78 Å². The normalized spacial score (nSPS) is 18.7. The second-order valence-corrected chi connectivity index (χ2v) is 8.14. The van der Waals surface area contributed by atoms with Crippen LogP contribution in [0, 0.1) is 5.92 Å². The second-order valence-electron chi connectivity index (χ2n) is 8.14. The summed E-state index contributed by atoms with van der Waals surface area (Å²) in [6.07, 6.45) is 2.06. The fourth-order valence-corrected chi connectivity index (χ4v) is 3.99. The maximum absolute atomic E-state index is 12.7. The van der Waals surface area contributed by atoms with Gasteiger partial charge in [0, 0.05) is 23.7 Å². The molecule has 33 heavy (non-hydrogen) atoms. The average molecular weight is 459 g/mol.